The van der Waals surface area contributed by atoms with Gasteiger partial charge in [-0.2, -0.15) is 0 Å². The average Bonchev–Trinajstić information content (AvgIpc) is 2.94. The number of hydrogen-bond acceptors (Lipinski definition) is 4. The van der Waals surface area contributed by atoms with Crippen LogP contribution in [0, 0.1) is 5.92 Å². The molecule has 2 rings (SSSR count). The minimum atomic E-state index is -0.803. The van der Waals surface area contributed by atoms with E-state index < -0.39 is 11.9 Å². The van der Waals surface area contributed by atoms with Crippen LogP contribution in [-0.2, 0) is 16.1 Å². The van der Waals surface area contributed by atoms with E-state index in [2.05, 4.69) is 36.8 Å². The topological polar surface area (TPSA) is 62.9 Å². The average molecular weight is 397 g/mol. The zero-order valence-electron chi connectivity index (χ0n) is 10.4. The smallest absolute Gasteiger partial charge is 0.310 e. The third-order valence-electron chi connectivity index (χ3n) is 3.30. The Hall–Kier alpha value is -0.370. The highest BCUT2D eigenvalue weighted by Gasteiger charge is 2.37. The standard InChI is InChI=1S/C12H15Br2NO4/c1-2-15(4-7-3-9(13)11(14)19-7)10-6-18-5-8(10)12(16)17/h3,8,10H,2,4-6H2,1H3,(H,16,17). The van der Waals surface area contributed by atoms with Crippen molar-refractivity contribution >= 4 is 37.8 Å². The van der Waals surface area contributed by atoms with Crippen LogP contribution in [0.5, 0.6) is 0 Å². The number of carboxylic acids is 1. The number of carbonyl (C=O) groups is 1. The first-order chi connectivity index (χ1) is 9.02. The number of nitrogens with zero attached hydrogens (tertiary/aromatic N) is 1. The van der Waals surface area contributed by atoms with E-state index in [1.54, 1.807) is 0 Å². The maximum absolute atomic E-state index is 11.2. The van der Waals surface area contributed by atoms with Crippen molar-refractivity contribution in [1.29, 1.82) is 0 Å². The summed E-state index contributed by atoms with van der Waals surface area (Å²) in [5.41, 5.74) is 0. The van der Waals surface area contributed by atoms with Gasteiger partial charge >= 0.3 is 5.97 Å². The lowest BCUT2D eigenvalue weighted by Crippen LogP contribution is -2.42. The fourth-order valence-electron chi connectivity index (χ4n) is 2.27. The Morgan fingerprint density at radius 3 is 2.79 bits per heavy atom. The van der Waals surface area contributed by atoms with Gasteiger partial charge in [0.2, 0.25) is 0 Å². The van der Waals surface area contributed by atoms with Crippen LogP contribution in [-0.4, -0.2) is 41.8 Å². The second kappa shape index (κ2) is 6.39. The van der Waals surface area contributed by atoms with Crippen molar-refractivity contribution in [3.05, 3.63) is 21.0 Å². The molecule has 0 spiro atoms. The van der Waals surface area contributed by atoms with Crippen molar-refractivity contribution in [3.63, 3.8) is 0 Å². The highest BCUT2D eigenvalue weighted by atomic mass is 79.9. The van der Waals surface area contributed by atoms with E-state index in [1.807, 2.05) is 13.0 Å². The minimum absolute atomic E-state index is 0.106. The van der Waals surface area contributed by atoms with E-state index in [-0.39, 0.29) is 12.6 Å². The maximum atomic E-state index is 11.2. The lowest BCUT2D eigenvalue weighted by Gasteiger charge is -2.28. The molecule has 1 saturated heterocycles. The third-order valence-corrected chi connectivity index (χ3v) is 5.01. The maximum Gasteiger partial charge on any atom is 0.310 e. The Morgan fingerprint density at radius 2 is 2.26 bits per heavy atom. The Morgan fingerprint density at radius 1 is 1.53 bits per heavy atom. The summed E-state index contributed by atoms with van der Waals surface area (Å²) in [6.45, 7) is 4.05. The van der Waals surface area contributed by atoms with E-state index >= 15 is 0 Å². The van der Waals surface area contributed by atoms with Gasteiger partial charge in [0.1, 0.15) is 5.76 Å². The molecule has 0 amide bonds. The monoisotopic (exact) mass is 395 g/mol. The van der Waals surface area contributed by atoms with Gasteiger partial charge in [0, 0.05) is 6.04 Å². The number of hydrogen-bond donors (Lipinski definition) is 1. The largest absolute Gasteiger partial charge is 0.481 e. The van der Waals surface area contributed by atoms with Crippen molar-refractivity contribution in [2.45, 2.75) is 19.5 Å². The normalized spacial score (nSPS) is 23.2. The lowest BCUT2D eigenvalue weighted by molar-refractivity contribution is -0.143. The molecule has 1 aromatic heterocycles. The lowest BCUT2D eigenvalue weighted by atomic mass is 10.0. The summed E-state index contributed by atoms with van der Waals surface area (Å²) in [5.74, 6) is -0.485. The van der Waals surface area contributed by atoms with Gasteiger partial charge in [-0.05, 0) is 44.5 Å². The molecule has 0 aliphatic carbocycles. The summed E-state index contributed by atoms with van der Waals surface area (Å²) < 4.78 is 12.4. The molecule has 19 heavy (non-hydrogen) atoms. The van der Waals surface area contributed by atoms with Gasteiger partial charge in [-0.1, -0.05) is 6.92 Å². The SMILES string of the molecule is CCN(Cc1cc(Br)c(Br)o1)C1COCC1C(=O)O. The molecule has 1 aliphatic heterocycles. The first kappa shape index (κ1) is 15.0. The first-order valence-corrected chi connectivity index (χ1v) is 7.59. The number of aliphatic carboxylic acids is 1. The van der Waals surface area contributed by atoms with Gasteiger partial charge in [-0.25, -0.2) is 0 Å². The molecule has 2 heterocycles. The van der Waals surface area contributed by atoms with Crippen LogP contribution >= 0.6 is 31.9 Å². The summed E-state index contributed by atoms with van der Waals surface area (Å²) in [6.07, 6.45) is 0. The molecule has 5 nitrogen and oxygen atoms in total. The third kappa shape index (κ3) is 3.39. The second-order valence-corrected chi connectivity index (χ2v) is 6.02. The van der Waals surface area contributed by atoms with E-state index in [4.69, 9.17) is 9.15 Å². The van der Waals surface area contributed by atoms with Gasteiger partial charge in [0.25, 0.3) is 0 Å². The Labute approximate surface area is 128 Å². The van der Waals surface area contributed by atoms with Gasteiger partial charge in [0.05, 0.1) is 30.1 Å². The zero-order chi connectivity index (χ0) is 14.0. The van der Waals surface area contributed by atoms with Crippen molar-refractivity contribution in [3.8, 4) is 0 Å². The zero-order valence-corrected chi connectivity index (χ0v) is 13.6. The Kier molecular flexibility index (Phi) is 5.05. The fourth-order valence-corrected chi connectivity index (χ4v) is 2.93. The molecule has 0 radical (unpaired) electrons. The number of rotatable bonds is 5. The molecule has 1 aliphatic rings. The summed E-state index contributed by atoms with van der Waals surface area (Å²) in [7, 11) is 0. The first-order valence-electron chi connectivity index (χ1n) is 6.01. The summed E-state index contributed by atoms with van der Waals surface area (Å²) in [6, 6.07) is 1.78. The second-order valence-electron chi connectivity index (χ2n) is 4.45. The minimum Gasteiger partial charge on any atom is -0.481 e. The summed E-state index contributed by atoms with van der Waals surface area (Å²) in [5, 5.41) is 9.20. The van der Waals surface area contributed by atoms with Crippen LogP contribution < -0.4 is 0 Å². The van der Waals surface area contributed by atoms with Crippen molar-refractivity contribution in [1.82, 2.24) is 4.90 Å². The number of halogens is 2. The Balaban J connectivity index is 2.09. The quantitative estimate of drug-likeness (QED) is 0.828. The molecule has 0 aromatic carbocycles. The van der Waals surface area contributed by atoms with E-state index in [0.29, 0.717) is 17.8 Å². The molecule has 1 N–H and O–H groups in total. The van der Waals surface area contributed by atoms with Crippen molar-refractivity contribution < 1.29 is 19.1 Å². The van der Waals surface area contributed by atoms with Gasteiger partial charge in [-0.15, -0.1) is 0 Å². The van der Waals surface area contributed by atoms with Crippen LogP contribution in [0.1, 0.15) is 12.7 Å². The molecule has 0 bridgehead atoms. The predicted octanol–water partition coefficient (Wildman–Crippen LogP) is 2.73. The number of furan rings is 1. The predicted molar refractivity (Wildman–Crippen MR) is 75.9 cm³/mol. The summed E-state index contributed by atoms with van der Waals surface area (Å²) >= 11 is 6.66. The molecule has 0 saturated carbocycles. The molecular weight excluding hydrogens is 382 g/mol. The number of ether oxygens (including phenoxy) is 1. The van der Waals surface area contributed by atoms with Crippen LogP contribution in [0.4, 0.5) is 0 Å². The molecule has 1 aromatic rings. The molecule has 106 valence electrons. The number of likely N-dealkylation sites (N-methyl/N-ethyl adjacent to an activating group) is 1. The van der Waals surface area contributed by atoms with Gasteiger partial charge in [0.15, 0.2) is 4.67 Å². The molecule has 2 atom stereocenters. The summed E-state index contributed by atoms with van der Waals surface area (Å²) in [4.78, 5) is 13.3. The van der Waals surface area contributed by atoms with Crippen LogP contribution in [0.3, 0.4) is 0 Å². The molecular formula is C12H15Br2NO4. The van der Waals surface area contributed by atoms with Crippen molar-refractivity contribution in [2.75, 3.05) is 19.8 Å². The van der Waals surface area contributed by atoms with Gasteiger partial charge < -0.3 is 14.3 Å². The Bertz CT molecular complexity index is 443. The van der Waals surface area contributed by atoms with E-state index in [9.17, 15) is 9.90 Å². The molecule has 1 fully saturated rings. The highest BCUT2D eigenvalue weighted by molar-refractivity contribution is 9.13. The van der Waals surface area contributed by atoms with E-state index in [1.165, 1.54) is 0 Å². The van der Waals surface area contributed by atoms with Crippen LogP contribution in [0.15, 0.2) is 19.6 Å². The van der Waals surface area contributed by atoms with E-state index in [0.717, 1.165) is 16.8 Å². The van der Waals surface area contributed by atoms with Crippen LogP contribution in [0.2, 0.25) is 0 Å². The molecule has 2 unspecified atom stereocenters. The van der Waals surface area contributed by atoms with Gasteiger partial charge in [-0.3, -0.25) is 9.69 Å². The number of carboxylic acid groups (broad SMARTS) is 1. The van der Waals surface area contributed by atoms with Crippen molar-refractivity contribution in [2.24, 2.45) is 5.92 Å². The van der Waals surface area contributed by atoms with Crippen LogP contribution in [0.25, 0.3) is 0 Å². The fraction of sp³-hybridized carbons (Fsp3) is 0.583. The highest BCUT2D eigenvalue weighted by Crippen LogP contribution is 2.29. The molecule has 7 heteroatoms.